The number of hydrogen-bond acceptors (Lipinski definition) is 5. The van der Waals surface area contributed by atoms with Gasteiger partial charge in [-0.25, -0.2) is 4.98 Å². The molecule has 1 atom stereocenters. The van der Waals surface area contributed by atoms with Crippen LogP contribution in [0.25, 0.3) is 0 Å². The lowest BCUT2D eigenvalue weighted by molar-refractivity contribution is -0.120. The summed E-state index contributed by atoms with van der Waals surface area (Å²) in [5, 5.41) is 3.07. The molecular formula is C12H20N2O2S. The molecule has 0 aromatic carbocycles. The molecule has 0 saturated carbocycles. The second kappa shape index (κ2) is 5.91. The Hall–Kier alpha value is -0.490. The van der Waals surface area contributed by atoms with Gasteiger partial charge < -0.3 is 15.2 Å². The monoisotopic (exact) mass is 256 g/mol. The third-order valence-electron chi connectivity index (χ3n) is 3.32. The highest BCUT2D eigenvalue weighted by atomic mass is 32.1. The van der Waals surface area contributed by atoms with E-state index in [9.17, 15) is 0 Å². The number of thiazole rings is 1. The van der Waals surface area contributed by atoms with E-state index in [0.29, 0.717) is 6.61 Å². The minimum absolute atomic E-state index is 0.00231. The summed E-state index contributed by atoms with van der Waals surface area (Å²) in [7, 11) is 0. The van der Waals surface area contributed by atoms with Crippen LogP contribution in [0.4, 0.5) is 0 Å². The van der Waals surface area contributed by atoms with E-state index in [1.54, 1.807) is 11.3 Å². The van der Waals surface area contributed by atoms with Gasteiger partial charge in [0.2, 0.25) is 0 Å². The number of ether oxygens (including phenoxy) is 2. The van der Waals surface area contributed by atoms with Gasteiger partial charge in [0.1, 0.15) is 0 Å². The molecular weight excluding hydrogens is 236 g/mol. The average molecular weight is 256 g/mol. The Bertz CT molecular complexity index is 318. The predicted molar refractivity (Wildman–Crippen MR) is 68.2 cm³/mol. The molecule has 1 aromatic heterocycles. The summed E-state index contributed by atoms with van der Waals surface area (Å²) < 4.78 is 11.4. The Kier molecular flexibility index (Phi) is 4.50. The summed E-state index contributed by atoms with van der Waals surface area (Å²) in [5.41, 5.74) is 6.12. The van der Waals surface area contributed by atoms with Crippen molar-refractivity contribution in [2.75, 3.05) is 19.8 Å². The van der Waals surface area contributed by atoms with Crippen molar-refractivity contribution in [2.45, 2.75) is 37.8 Å². The van der Waals surface area contributed by atoms with E-state index >= 15 is 0 Å². The van der Waals surface area contributed by atoms with Gasteiger partial charge in [0.05, 0.1) is 10.6 Å². The molecule has 0 bridgehead atoms. The molecule has 2 heterocycles. The Labute approximate surface area is 106 Å². The van der Waals surface area contributed by atoms with Gasteiger partial charge in [0.15, 0.2) is 0 Å². The predicted octanol–water partition coefficient (Wildman–Crippen LogP) is 1.60. The molecule has 5 heteroatoms. The second-order valence-corrected chi connectivity index (χ2v) is 5.33. The summed E-state index contributed by atoms with van der Waals surface area (Å²) in [6.07, 6.45) is 4.38. The van der Waals surface area contributed by atoms with Crippen molar-refractivity contribution >= 4 is 11.3 Å². The average Bonchev–Trinajstić information content (AvgIpc) is 2.83. The normalized spacial score (nSPS) is 21.3. The van der Waals surface area contributed by atoms with E-state index in [-0.39, 0.29) is 11.6 Å². The molecule has 2 N–H and O–H groups in total. The molecule has 1 aliphatic heterocycles. The Morgan fingerprint density at radius 1 is 1.59 bits per heavy atom. The van der Waals surface area contributed by atoms with Crippen LogP contribution in [-0.4, -0.2) is 36.4 Å². The van der Waals surface area contributed by atoms with E-state index < -0.39 is 0 Å². The zero-order chi connectivity index (χ0) is 12.1. The highest BCUT2D eigenvalue weighted by molar-refractivity contribution is 7.09. The lowest BCUT2D eigenvalue weighted by Crippen LogP contribution is -2.54. The van der Waals surface area contributed by atoms with Gasteiger partial charge in [-0.3, -0.25) is 0 Å². The highest BCUT2D eigenvalue weighted by Gasteiger charge is 2.39. The summed E-state index contributed by atoms with van der Waals surface area (Å²) in [6.45, 7) is 4.20. The molecule has 96 valence electrons. The maximum absolute atomic E-state index is 6.35. The lowest BCUT2D eigenvalue weighted by atomic mass is 9.85. The standard InChI is InChI=1S/C12H20N2O2S/c1-2-16-12(3-6-15-7-4-12)10(13)9-11-14-5-8-17-11/h5,8,10H,2-4,6-7,9,13H2,1H3. The highest BCUT2D eigenvalue weighted by Crippen LogP contribution is 2.29. The maximum atomic E-state index is 6.35. The lowest BCUT2D eigenvalue weighted by Gasteiger charge is -2.41. The first-order valence-electron chi connectivity index (χ1n) is 6.12. The maximum Gasteiger partial charge on any atom is 0.0941 e. The Morgan fingerprint density at radius 2 is 2.35 bits per heavy atom. The first-order chi connectivity index (χ1) is 8.27. The largest absolute Gasteiger partial charge is 0.381 e. The zero-order valence-corrected chi connectivity index (χ0v) is 11.0. The molecule has 0 radical (unpaired) electrons. The summed E-state index contributed by atoms with van der Waals surface area (Å²) in [5.74, 6) is 0. The van der Waals surface area contributed by atoms with Gasteiger partial charge in [0, 0.05) is 56.7 Å². The zero-order valence-electron chi connectivity index (χ0n) is 10.2. The van der Waals surface area contributed by atoms with Crippen molar-refractivity contribution in [3.63, 3.8) is 0 Å². The molecule has 1 aromatic rings. The van der Waals surface area contributed by atoms with Crippen LogP contribution in [0.5, 0.6) is 0 Å². The molecule has 1 saturated heterocycles. The number of aromatic nitrogens is 1. The van der Waals surface area contributed by atoms with Crippen molar-refractivity contribution in [1.82, 2.24) is 4.98 Å². The topological polar surface area (TPSA) is 57.4 Å². The van der Waals surface area contributed by atoms with Crippen LogP contribution < -0.4 is 5.73 Å². The molecule has 4 nitrogen and oxygen atoms in total. The minimum Gasteiger partial charge on any atom is -0.381 e. The summed E-state index contributed by atoms with van der Waals surface area (Å²) in [6, 6.07) is -0.00231. The van der Waals surface area contributed by atoms with Crippen molar-refractivity contribution in [3.8, 4) is 0 Å². The molecule has 1 unspecified atom stereocenters. The molecule has 2 rings (SSSR count). The van der Waals surface area contributed by atoms with E-state index in [4.69, 9.17) is 15.2 Å². The van der Waals surface area contributed by atoms with Gasteiger partial charge in [-0.2, -0.15) is 0 Å². The van der Waals surface area contributed by atoms with Crippen LogP contribution in [0, 0.1) is 0 Å². The number of nitrogens with zero attached hydrogens (tertiary/aromatic N) is 1. The molecule has 17 heavy (non-hydrogen) atoms. The first kappa shape index (κ1) is 13.0. The number of rotatable bonds is 5. The Morgan fingerprint density at radius 3 is 2.94 bits per heavy atom. The van der Waals surface area contributed by atoms with Crippen LogP contribution in [0.2, 0.25) is 0 Å². The molecule has 0 aliphatic carbocycles. The fraction of sp³-hybridized carbons (Fsp3) is 0.750. The van der Waals surface area contributed by atoms with Crippen molar-refractivity contribution in [3.05, 3.63) is 16.6 Å². The first-order valence-corrected chi connectivity index (χ1v) is 7.00. The van der Waals surface area contributed by atoms with Gasteiger partial charge in [-0.15, -0.1) is 11.3 Å². The SMILES string of the molecule is CCOC1(C(N)Cc2nccs2)CCOCC1. The second-order valence-electron chi connectivity index (χ2n) is 4.35. The van der Waals surface area contributed by atoms with Crippen LogP contribution >= 0.6 is 11.3 Å². The molecule has 1 aliphatic rings. The van der Waals surface area contributed by atoms with Crippen LogP contribution in [0.1, 0.15) is 24.8 Å². The van der Waals surface area contributed by atoms with Crippen molar-refractivity contribution in [1.29, 1.82) is 0 Å². The van der Waals surface area contributed by atoms with Gasteiger partial charge in [-0.05, 0) is 6.92 Å². The van der Waals surface area contributed by atoms with E-state index in [1.807, 2.05) is 18.5 Å². The van der Waals surface area contributed by atoms with Gasteiger partial charge >= 0.3 is 0 Å². The molecule has 0 amide bonds. The third-order valence-corrected chi connectivity index (χ3v) is 4.13. The van der Waals surface area contributed by atoms with Crippen LogP contribution in [0.15, 0.2) is 11.6 Å². The minimum atomic E-state index is -0.224. The van der Waals surface area contributed by atoms with Gasteiger partial charge in [0.25, 0.3) is 0 Å². The van der Waals surface area contributed by atoms with Gasteiger partial charge in [-0.1, -0.05) is 0 Å². The van der Waals surface area contributed by atoms with Crippen molar-refractivity contribution < 1.29 is 9.47 Å². The van der Waals surface area contributed by atoms with E-state index in [0.717, 1.165) is 37.5 Å². The van der Waals surface area contributed by atoms with Crippen molar-refractivity contribution in [2.24, 2.45) is 5.73 Å². The smallest absolute Gasteiger partial charge is 0.0941 e. The molecule has 1 fully saturated rings. The number of hydrogen-bond donors (Lipinski definition) is 1. The van der Waals surface area contributed by atoms with E-state index in [2.05, 4.69) is 4.98 Å². The third kappa shape index (κ3) is 3.04. The van der Waals surface area contributed by atoms with Crippen LogP contribution in [0.3, 0.4) is 0 Å². The summed E-state index contributed by atoms with van der Waals surface area (Å²) in [4.78, 5) is 4.29. The quantitative estimate of drug-likeness (QED) is 0.869. The summed E-state index contributed by atoms with van der Waals surface area (Å²) >= 11 is 1.65. The fourth-order valence-corrected chi connectivity index (χ4v) is 3.03. The van der Waals surface area contributed by atoms with E-state index in [1.165, 1.54) is 0 Å². The Balaban J connectivity index is 2.03. The van der Waals surface area contributed by atoms with Crippen LogP contribution in [-0.2, 0) is 15.9 Å². The number of nitrogens with two attached hydrogens (primary N) is 1. The fourth-order valence-electron chi connectivity index (χ4n) is 2.35. The molecule has 0 spiro atoms.